The average Bonchev–Trinajstić information content (AvgIpc) is 3.01. The molecule has 0 radical (unpaired) electrons. The van der Waals surface area contributed by atoms with Gasteiger partial charge >= 0.3 is 5.97 Å². The van der Waals surface area contributed by atoms with E-state index in [0.29, 0.717) is 12.1 Å². The lowest BCUT2D eigenvalue weighted by Crippen LogP contribution is -2.00. The molecular formula is C14H13N3O3. The molecule has 0 saturated heterocycles. The Kier molecular flexibility index (Phi) is 2.90. The number of aromatic nitrogens is 2. The molecule has 2 N–H and O–H groups in total. The van der Waals surface area contributed by atoms with Crippen molar-refractivity contribution < 1.29 is 14.3 Å². The molecule has 0 amide bonds. The van der Waals surface area contributed by atoms with Crippen LogP contribution < -0.4 is 5.32 Å². The van der Waals surface area contributed by atoms with Gasteiger partial charge < -0.3 is 14.8 Å². The van der Waals surface area contributed by atoms with Crippen LogP contribution in [0.25, 0.3) is 11.0 Å². The van der Waals surface area contributed by atoms with Crippen LogP contribution in [0.1, 0.15) is 16.1 Å². The smallest absolute Gasteiger partial charge is 0.371 e. The van der Waals surface area contributed by atoms with Gasteiger partial charge in [-0.2, -0.15) is 5.10 Å². The van der Waals surface area contributed by atoms with Crippen molar-refractivity contribution in [2.45, 2.75) is 6.54 Å². The zero-order valence-electron chi connectivity index (χ0n) is 10.8. The van der Waals surface area contributed by atoms with Crippen LogP contribution in [-0.4, -0.2) is 20.9 Å². The Hall–Kier alpha value is -2.76. The molecule has 0 bridgehead atoms. The average molecular weight is 271 g/mol. The zero-order valence-corrected chi connectivity index (χ0v) is 10.8. The van der Waals surface area contributed by atoms with Crippen molar-refractivity contribution in [3.05, 3.63) is 47.9 Å². The fourth-order valence-corrected chi connectivity index (χ4v) is 2.01. The highest BCUT2D eigenvalue weighted by Crippen LogP contribution is 2.21. The molecule has 0 fully saturated rings. The monoisotopic (exact) mass is 271 g/mol. The van der Waals surface area contributed by atoms with E-state index >= 15 is 0 Å². The Balaban J connectivity index is 1.80. The van der Waals surface area contributed by atoms with Crippen LogP contribution in [0.15, 0.2) is 40.9 Å². The van der Waals surface area contributed by atoms with E-state index in [4.69, 9.17) is 9.52 Å². The zero-order chi connectivity index (χ0) is 14.1. The predicted octanol–water partition coefficient (Wildman–Crippen LogP) is 2.48. The fraction of sp³-hybridized carbons (Fsp3) is 0.143. The molecule has 6 nitrogen and oxygen atoms in total. The third-order valence-corrected chi connectivity index (χ3v) is 2.98. The van der Waals surface area contributed by atoms with Crippen LogP contribution in [0, 0.1) is 0 Å². The van der Waals surface area contributed by atoms with Crippen LogP contribution in [0.3, 0.4) is 0 Å². The number of fused-ring (bicyclic) bond motifs is 1. The van der Waals surface area contributed by atoms with E-state index < -0.39 is 5.97 Å². The van der Waals surface area contributed by atoms with E-state index in [1.54, 1.807) is 10.7 Å². The van der Waals surface area contributed by atoms with Crippen molar-refractivity contribution >= 4 is 22.8 Å². The topological polar surface area (TPSA) is 80.3 Å². The van der Waals surface area contributed by atoms with Gasteiger partial charge in [-0.3, -0.25) is 4.68 Å². The number of nitrogens with one attached hydrogen (secondary N) is 1. The van der Waals surface area contributed by atoms with Gasteiger partial charge in [0.05, 0.1) is 0 Å². The van der Waals surface area contributed by atoms with E-state index in [1.165, 1.54) is 6.07 Å². The highest BCUT2D eigenvalue weighted by atomic mass is 16.4. The number of aromatic carboxylic acids is 1. The molecule has 6 heteroatoms. The summed E-state index contributed by atoms with van der Waals surface area (Å²) in [5.74, 6) is -0.310. The van der Waals surface area contributed by atoms with Gasteiger partial charge in [-0.1, -0.05) is 6.07 Å². The minimum absolute atomic E-state index is 0.0464. The highest BCUT2D eigenvalue weighted by molar-refractivity contribution is 5.91. The SMILES string of the molecule is Cn1ccc(NCc2ccc3oc(C(=O)O)cc3c2)n1. The number of carboxylic acid groups (broad SMARTS) is 1. The molecule has 0 aliphatic heterocycles. The summed E-state index contributed by atoms with van der Waals surface area (Å²) in [6.07, 6.45) is 1.86. The molecule has 3 aromatic rings. The number of aryl methyl sites for hydroxylation is 1. The lowest BCUT2D eigenvalue weighted by atomic mass is 10.1. The van der Waals surface area contributed by atoms with E-state index in [-0.39, 0.29) is 5.76 Å². The molecule has 0 atom stereocenters. The lowest BCUT2D eigenvalue weighted by Gasteiger charge is -2.03. The molecular weight excluding hydrogens is 258 g/mol. The Morgan fingerprint density at radius 3 is 2.95 bits per heavy atom. The maximum absolute atomic E-state index is 10.9. The van der Waals surface area contributed by atoms with E-state index in [9.17, 15) is 4.79 Å². The number of nitrogens with zero attached hydrogens (tertiary/aromatic N) is 2. The first-order chi connectivity index (χ1) is 9.61. The maximum atomic E-state index is 10.9. The minimum Gasteiger partial charge on any atom is -0.475 e. The number of carbonyl (C=O) groups is 1. The number of hydrogen-bond acceptors (Lipinski definition) is 4. The van der Waals surface area contributed by atoms with Crippen LogP contribution in [0.2, 0.25) is 0 Å². The highest BCUT2D eigenvalue weighted by Gasteiger charge is 2.10. The second-order valence-electron chi connectivity index (χ2n) is 4.52. The van der Waals surface area contributed by atoms with Crippen molar-refractivity contribution in [1.29, 1.82) is 0 Å². The minimum atomic E-state index is -1.06. The van der Waals surface area contributed by atoms with Gasteiger partial charge in [-0.25, -0.2) is 4.79 Å². The van der Waals surface area contributed by atoms with Crippen molar-refractivity contribution in [1.82, 2.24) is 9.78 Å². The summed E-state index contributed by atoms with van der Waals surface area (Å²) >= 11 is 0. The van der Waals surface area contributed by atoms with Gasteiger partial charge in [0, 0.05) is 31.2 Å². The molecule has 102 valence electrons. The van der Waals surface area contributed by atoms with Crippen molar-refractivity contribution in [2.75, 3.05) is 5.32 Å². The van der Waals surface area contributed by atoms with E-state index in [2.05, 4.69) is 10.4 Å². The summed E-state index contributed by atoms with van der Waals surface area (Å²) in [6.45, 7) is 0.612. The van der Waals surface area contributed by atoms with Crippen molar-refractivity contribution in [3.63, 3.8) is 0 Å². The number of anilines is 1. The van der Waals surface area contributed by atoms with E-state index in [1.807, 2.05) is 31.4 Å². The van der Waals surface area contributed by atoms with Gasteiger partial charge in [0.2, 0.25) is 5.76 Å². The number of furan rings is 1. The lowest BCUT2D eigenvalue weighted by molar-refractivity contribution is 0.0665. The number of rotatable bonds is 4. The molecule has 3 rings (SSSR count). The van der Waals surface area contributed by atoms with Crippen molar-refractivity contribution in [2.24, 2.45) is 7.05 Å². The largest absolute Gasteiger partial charge is 0.475 e. The van der Waals surface area contributed by atoms with Crippen molar-refractivity contribution in [3.8, 4) is 0 Å². The molecule has 0 aliphatic rings. The molecule has 1 aromatic carbocycles. The number of hydrogen-bond donors (Lipinski definition) is 2. The van der Waals surface area contributed by atoms with E-state index in [0.717, 1.165) is 16.8 Å². The van der Waals surface area contributed by atoms with Gasteiger partial charge in [0.1, 0.15) is 11.4 Å². The third kappa shape index (κ3) is 2.35. The molecule has 0 saturated carbocycles. The summed E-state index contributed by atoms with van der Waals surface area (Å²) in [5, 5.41) is 17.1. The summed E-state index contributed by atoms with van der Waals surface area (Å²) in [6, 6.07) is 8.99. The van der Waals surface area contributed by atoms with Gasteiger partial charge in [0.15, 0.2) is 0 Å². The van der Waals surface area contributed by atoms with Crippen LogP contribution >= 0.6 is 0 Å². The Bertz CT molecular complexity index is 773. The molecule has 0 spiro atoms. The first-order valence-corrected chi connectivity index (χ1v) is 6.11. The second-order valence-corrected chi connectivity index (χ2v) is 4.52. The second kappa shape index (κ2) is 4.73. The Labute approximate surface area is 114 Å². The van der Waals surface area contributed by atoms with Gasteiger partial charge in [-0.05, 0) is 23.8 Å². The summed E-state index contributed by atoms with van der Waals surface area (Å²) in [7, 11) is 1.86. The number of carboxylic acids is 1. The standard InChI is InChI=1S/C14H13N3O3/c1-17-5-4-13(16-17)15-8-9-2-3-11-10(6-9)7-12(20-11)14(18)19/h2-7H,8H2,1H3,(H,15,16)(H,18,19). The normalized spacial score (nSPS) is 10.8. The maximum Gasteiger partial charge on any atom is 0.371 e. The summed E-state index contributed by atoms with van der Waals surface area (Å²) in [4.78, 5) is 10.9. The first-order valence-electron chi connectivity index (χ1n) is 6.11. The first kappa shape index (κ1) is 12.3. The Morgan fingerprint density at radius 2 is 2.25 bits per heavy atom. The number of benzene rings is 1. The van der Waals surface area contributed by atoms with Gasteiger partial charge in [0.25, 0.3) is 0 Å². The molecule has 0 aliphatic carbocycles. The molecule has 0 unspecified atom stereocenters. The van der Waals surface area contributed by atoms with Crippen LogP contribution in [-0.2, 0) is 13.6 Å². The summed E-state index contributed by atoms with van der Waals surface area (Å²) in [5.41, 5.74) is 1.60. The van der Waals surface area contributed by atoms with Crippen LogP contribution in [0.4, 0.5) is 5.82 Å². The van der Waals surface area contributed by atoms with Gasteiger partial charge in [-0.15, -0.1) is 0 Å². The third-order valence-electron chi connectivity index (χ3n) is 2.98. The van der Waals surface area contributed by atoms with Crippen LogP contribution in [0.5, 0.6) is 0 Å². The molecule has 2 aromatic heterocycles. The summed E-state index contributed by atoms with van der Waals surface area (Å²) < 4.78 is 6.94. The predicted molar refractivity (Wildman–Crippen MR) is 73.7 cm³/mol. The molecule has 20 heavy (non-hydrogen) atoms. The molecule has 2 heterocycles. The quantitative estimate of drug-likeness (QED) is 0.762. The Morgan fingerprint density at radius 1 is 1.40 bits per heavy atom. The fourth-order valence-electron chi connectivity index (χ4n) is 2.01.